The molecule has 0 saturated carbocycles. The molecule has 2 aromatic carbocycles. The predicted octanol–water partition coefficient (Wildman–Crippen LogP) is 4.13. The Morgan fingerprint density at radius 2 is 1.33 bits per heavy atom. The SMILES string of the molecule is CC(c1ccccc1)c1ccc(S)cc1. The standard InChI is InChI=1S/C14H14S/c1-11(12-5-3-2-4-6-12)13-7-9-14(15)10-8-13/h2-11,15H,1H3. The van der Waals surface area contributed by atoms with Crippen LogP contribution in [-0.4, -0.2) is 0 Å². The van der Waals surface area contributed by atoms with Crippen molar-refractivity contribution >= 4 is 12.6 Å². The van der Waals surface area contributed by atoms with Gasteiger partial charge in [-0.1, -0.05) is 49.4 Å². The van der Waals surface area contributed by atoms with E-state index in [-0.39, 0.29) is 0 Å². The van der Waals surface area contributed by atoms with Crippen molar-refractivity contribution in [3.8, 4) is 0 Å². The average molecular weight is 214 g/mol. The van der Waals surface area contributed by atoms with Gasteiger partial charge in [0, 0.05) is 10.8 Å². The van der Waals surface area contributed by atoms with Crippen molar-refractivity contribution in [2.45, 2.75) is 17.7 Å². The molecule has 1 atom stereocenters. The van der Waals surface area contributed by atoms with E-state index in [2.05, 4.69) is 56.0 Å². The molecular formula is C14H14S. The summed E-state index contributed by atoms with van der Waals surface area (Å²) in [7, 11) is 0. The summed E-state index contributed by atoms with van der Waals surface area (Å²) < 4.78 is 0. The number of hydrogen-bond acceptors (Lipinski definition) is 1. The Morgan fingerprint density at radius 1 is 0.800 bits per heavy atom. The van der Waals surface area contributed by atoms with E-state index < -0.39 is 0 Å². The summed E-state index contributed by atoms with van der Waals surface area (Å²) in [5, 5.41) is 0. The molecule has 0 aliphatic heterocycles. The lowest BCUT2D eigenvalue weighted by Crippen LogP contribution is -1.94. The van der Waals surface area contributed by atoms with Crippen molar-refractivity contribution < 1.29 is 0 Å². The van der Waals surface area contributed by atoms with Gasteiger partial charge in [0.05, 0.1) is 0 Å². The van der Waals surface area contributed by atoms with Crippen LogP contribution in [0.1, 0.15) is 24.0 Å². The van der Waals surface area contributed by atoms with Gasteiger partial charge < -0.3 is 0 Å². The molecule has 0 saturated heterocycles. The molecule has 15 heavy (non-hydrogen) atoms. The summed E-state index contributed by atoms with van der Waals surface area (Å²) in [6.07, 6.45) is 0. The number of thiol groups is 1. The monoisotopic (exact) mass is 214 g/mol. The number of rotatable bonds is 2. The Morgan fingerprint density at radius 3 is 1.93 bits per heavy atom. The van der Waals surface area contributed by atoms with Gasteiger partial charge in [-0.05, 0) is 23.3 Å². The Kier molecular flexibility index (Phi) is 3.12. The van der Waals surface area contributed by atoms with Crippen LogP contribution in [0.2, 0.25) is 0 Å². The first-order chi connectivity index (χ1) is 7.27. The lowest BCUT2D eigenvalue weighted by Gasteiger charge is -2.12. The minimum atomic E-state index is 0.445. The molecule has 0 radical (unpaired) electrons. The van der Waals surface area contributed by atoms with Crippen LogP contribution in [0, 0.1) is 0 Å². The van der Waals surface area contributed by atoms with E-state index in [1.54, 1.807) is 0 Å². The van der Waals surface area contributed by atoms with Crippen molar-refractivity contribution in [3.05, 3.63) is 65.7 Å². The fourth-order valence-corrected chi connectivity index (χ4v) is 1.85. The van der Waals surface area contributed by atoms with Crippen molar-refractivity contribution in [1.82, 2.24) is 0 Å². The van der Waals surface area contributed by atoms with Crippen molar-refractivity contribution in [1.29, 1.82) is 0 Å². The molecule has 0 fully saturated rings. The summed E-state index contributed by atoms with van der Waals surface area (Å²) >= 11 is 4.29. The maximum atomic E-state index is 4.29. The van der Waals surface area contributed by atoms with Crippen LogP contribution in [0.25, 0.3) is 0 Å². The molecule has 0 N–H and O–H groups in total. The third-order valence-electron chi connectivity index (χ3n) is 2.69. The Hall–Kier alpha value is -1.21. The maximum Gasteiger partial charge on any atom is 0.00610 e. The highest BCUT2D eigenvalue weighted by atomic mass is 32.1. The highest BCUT2D eigenvalue weighted by Gasteiger charge is 2.06. The quantitative estimate of drug-likeness (QED) is 0.714. The summed E-state index contributed by atoms with van der Waals surface area (Å²) in [4.78, 5) is 1.01. The lowest BCUT2D eigenvalue weighted by atomic mass is 9.93. The third-order valence-corrected chi connectivity index (χ3v) is 2.99. The largest absolute Gasteiger partial charge is 0.143 e. The number of benzene rings is 2. The summed E-state index contributed by atoms with van der Waals surface area (Å²) in [6.45, 7) is 2.23. The van der Waals surface area contributed by atoms with Gasteiger partial charge in [0.2, 0.25) is 0 Å². The molecule has 2 aromatic rings. The van der Waals surface area contributed by atoms with E-state index in [0.717, 1.165) is 4.90 Å². The number of hydrogen-bond donors (Lipinski definition) is 1. The zero-order chi connectivity index (χ0) is 10.7. The highest BCUT2D eigenvalue weighted by molar-refractivity contribution is 7.80. The van der Waals surface area contributed by atoms with Crippen LogP contribution < -0.4 is 0 Å². The third kappa shape index (κ3) is 2.42. The zero-order valence-electron chi connectivity index (χ0n) is 8.72. The molecule has 0 spiro atoms. The smallest absolute Gasteiger partial charge is 0.00610 e. The molecule has 0 aromatic heterocycles. The normalized spacial score (nSPS) is 12.4. The fraction of sp³-hybridized carbons (Fsp3) is 0.143. The molecule has 1 heteroatoms. The second-order valence-electron chi connectivity index (χ2n) is 3.72. The zero-order valence-corrected chi connectivity index (χ0v) is 9.62. The predicted molar refractivity (Wildman–Crippen MR) is 67.7 cm³/mol. The second-order valence-corrected chi connectivity index (χ2v) is 4.24. The van der Waals surface area contributed by atoms with E-state index in [1.165, 1.54) is 11.1 Å². The van der Waals surface area contributed by atoms with Crippen LogP contribution in [-0.2, 0) is 0 Å². The van der Waals surface area contributed by atoms with Crippen LogP contribution >= 0.6 is 12.6 Å². The molecular weight excluding hydrogens is 200 g/mol. The first-order valence-electron chi connectivity index (χ1n) is 5.11. The van der Waals surface area contributed by atoms with E-state index >= 15 is 0 Å². The van der Waals surface area contributed by atoms with Gasteiger partial charge >= 0.3 is 0 Å². The molecule has 0 aliphatic rings. The molecule has 1 unspecified atom stereocenters. The average Bonchev–Trinajstić information content (AvgIpc) is 2.30. The maximum absolute atomic E-state index is 4.29. The van der Waals surface area contributed by atoms with E-state index in [0.29, 0.717) is 5.92 Å². The van der Waals surface area contributed by atoms with E-state index in [1.807, 2.05) is 18.2 Å². The summed E-state index contributed by atoms with van der Waals surface area (Å²) in [5.41, 5.74) is 2.68. The van der Waals surface area contributed by atoms with Crippen molar-refractivity contribution in [2.75, 3.05) is 0 Å². The van der Waals surface area contributed by atoms with Gasteiger partial charge in [-0.2, -0.15) is 0 Å². The van der Waals surface area contributed by atoms with Crippen LogP contribution in [0.15, 0.2) is 59.5 Å². The highest BCUT2D eigenvalue weighted by Crippen LogP contribution is 2.24. The lowest BCUT2D eigenvalue weighted by molar-refractivity contribution is 0.920. The minimum Gasteiger partial charge on any atom is -0.143 e. The van der Waals surface area contributed by atoms with E-state index in [9.17, 15) is 0 Å². The minimum absolute atomic E-state index is 0.445. The van der Waals surface area contributed by atoms with Gasteiger partial charge in [0.1, 0.15) is 0 Å². The fourth-order valence-electron chi connectivity index (χ4n) is 1.70. The molecule has 0 amide bonds. The van der Waals surface area contributed by atoms with Crippen LogP contribution in [0.5, 0.6) is 0 Å². The summed E-state index contributed by atoms with van der Waals surface area (Å²) in [5.74, 6) is 0.445. The first kappa shape index (κ1) is 10.3. The van der Waals surface area contributed by atoms with Gasteiger partial charge in [-0.25, -0.2) is 0 Å². The van der Waals surface area contributed by atoms with Gasteiger partial charge in [-0.15, -0.1) is 12.6 Å². The summed E-state index contributed by atoms with van der Waals surface area (Å²) in [6, 6.07) is 18.9. The van der Waals surface area contributed by atoms with Gasteiger partial charge in [0.25, 0.3) is 0 Å². The molecule has 0 heterocycles. The topological polar surface area (TPSA) is 0 Å². The Bertz CT molecular complexity index is 417. The van der Waals surface area contributed by atoms with Gasteiger partial charge in [-0.3, -0.25) is 0 Å². The first-order valence-corrected chi connectivity index (χ1v) is 5.56. The van der Waals surface area contributed by atoms with E-state index in [4.69, 9.17) is 0 Å². The molecule has 0 bridgehead atoms. The second kappa shape index (κ2) is 4.54. The molecule has 0 aliphatic carbocycles. The Balaban J connectivity index is 2.29. The molecule has 2 rings (SSSR count). The van der Waals surface area contributed by atoms with Crippen LogP contribution in [0.4, 0.5) is 0 Å². The van der Waals surface area contributed by atoms with Crippen LogP contribution in [0.3, 0.4) is 0 Å². The Labute approximate surface area is 96.4 Å². The van der Waals surface area contributed by atoms with Crippen molar-refractivity contribution in [3.63, 3.8) is 0 Å². The van der Waals surface area contributed by atoms with Gasteiger partial charge in [0.15, 0.2) is 0 Å². The van der Waals surface area contributed by atoms with Crippen molar-refractivity contribution in [2.24, 2.45) is 0 Å². The molecule has 0 nitrogen and oxygen atoms in total. The molecule has 76 valence electrons.